The van der Waals surface area contributed by atoms with Gasteiger partial charge in [0, 0.05) is 19.0 Å². The third-order valence-corrected chi connectivity index (χ3v) is 4.23. The lowest BCUT2D eigenvalue weighted by molar-refractivity contribution is -0.138. The van der Waals surface area contributed by atoms with Crippen molar-refractivity contribution in [3.05, 3.63) is 0 Å². The summed E-state index contributed by atoms with van der Waals surface area (Å²) in [4.78, 5) is 16.8. The number of carbonyl (C=O) groups excluding carboxylic acids is 1. The van der Waals surface area contributed by atoms with Gasteiger partial charge < -0.3 is 15.5 Å². The zero-order chi connectivity index (χ0) is 12.3. The summed E-state index contributed by atoms with van der Waals surface area (Å²) in [5.74, 6) is 1.18. The molecule has 0 aromatic carbocycles. The number of rotatable bonds is 2. The van der Waals surface area contributed by atoms with E-state index < -0.39 is 0 Å². The lowest BCUT2D eigenvalue weighted by Crippen LogP contribution is -2.46. The largest absolute Gasteiger partial charge is 0.342 e. The van der Waals surface area contributed by atoms with Gasteiger partial charge in [-0.3, -0.25) is 4.79 Å². The van der Waals surface area contributed by atoms with Crippen molar-refractivity contribution in [2.24, 2.45) is 17.6 Å². The molecule has 1 atom stereocenters. The highest BCUT2D eigenvalue weighted by molar-refractivity contribution is 5.79. The molecule has 0 saturated carbocycles. The summed E-state index contributed by atoms with van der Waals surface area (Å²) in [5, 5.41) is 0. The zero-order valence-electron chi connectivity index (χ0n) is 10.9. The molecule has 0 radical (unpaired) electrons. The SMILES string of the molecule is CN1CCC(C(=O)N2CCCC(CN)C2)CC1. The van der Waals surface area contributed by atoms with Gasteiger partial charge in [0.15, 0.2) is 0 Å². The highest BCUT2D eigenvalue weighted by Gasteiger charge is 2.30. The molecule has 2 aliphatic heterocycles. The molecule has 2 N–H and O–H groups in total. The Morgan fingerprint density at radius 2 is 1.94 bits per heavy atom. The number of hydrogen-bond donors (Lipinski definition) is 1. The first-order valence-electron chi connectivity index (χ1n) is 6.88. The van der Waals surface area contributed by atoms with Gasteiger partial charge in [-0.05, 0) is 58.3 Å². The average molecular weight is 239 g/mol. The van der Waals surface area contributed by atoms with Crippen LogP contribution in [0.3, 0.4) is 0 Å². The maximum absolute atomic E-state index is 12.4. The van der Waals surface area contributed by atoms with Crippen molar-refractivity contribution in [2.75, 3.05) is 39.8 Å². The maximum atomic E-state index is 12.4. The first-order valence-corrected chi connectivity index (χ1v) is 6.88. The van der Waals surface area contributed by atoms with Crippen LogP contribution in [0.5, 0.6) is 0 Å². The zero-order valence-corrected chi connectivity index (χ0v) is 10.9. The average Bonchev–Trinajstić information content (AvgIpc) is 2.39. The van der Waals surface area contributed by atoms with E-state index in [9.17, 15) is 4.79 Å². The van der Waals surface area contributed by atoms with E-state index in [4.69, 9.17) is 5.73 Å². The minimum absolute atomic E-state index is 0.266. The summed E-state index contributed by atoms with van der Waals surface area (Å²) in [6.45, 7) is 4.68. The minimum atomic E-state index is 0.266. The molecular weight excluding hydrogens is 214 g/mol. The fourth-order valence-electron chi connectivity index (χ4n) is 2.97. The molecule has 17 heavy (non-hydrogen) atoms. The second-order valence-corrected chi connectivity index (χ2v) is 5.61. The second-order valence-electron chi connectivity index (χ2n) is 5.61. The van der Waals surface area contributed by atoms with E-state index in [-0.39, 0.29) is 5.92 Å². The Hall–Kier alpha value is -0.610. The molecule has 0 bridgehead atoms. The number of likely N-dealkylation sites (tertiary alicyclic amines) is 2. The van der Waals surface area contributed by atoms with E-state index in [2.05, 4.69) is 16.8 Å². The van der Waals surface area contributed by atoms with Crippen LogP contribution in [-0.4, -0.2) is 55.5 Å². The molecule has 0 spiro atoms. The van der Waals surface area contributed by atoms with Crippen molar-refractivity contribution in [3.8, 4) is 0 Å². The van der Waals surface area contributed by atoms with Crippen LogP contribution in [0.2, 0.25) is 0 Å². The minimum Gasteiger partial charge on any atom is -0.342 e. The van der Waals surface area contributed by atoms with E-state index in [1.165, 1.54) is 6.42 Å². The first kappa shape index (κ1) is 12.8. The molecule has 1 unspecified atom stereocenters. The van der Waals surface area contributed by atoms with Crippen LogP contribution >= 0.6 is 0 Å². The second kappa shape index (κ2) is 5.83. The number of amides is 1. The molecule has 2 fully saturated rings. The first-order chi connectivity index (χ1) is 8.20. The van der Waals surface area contributed by atoms with E-state index in [0.29, 0.717) is 11.8 Å². The summed E-state index contributed by atoms with van der Waals surface area (Å²) < 4.78 is 0. The molecular formula is C13H25N3O. The highest BCUT2D eigenvalue weighted by Crippen LogP contribution is 2.22. The molecule has 0 aromatic heterocycles. The van der Waals surface area contributed by atoms with Crippen LogP contribution in [0.15, 0.2) is 0 Å². The number of hydrogen-bond acceptors (Lipinski definition) is 3. The Balaban J connectivity index is 1.86. The van der Waals surface area contributed by atoms with Crippen molar-refractivity contribution < 1.29 is 4.79 Å². The quantitative estimate of drug-likeness (QED) is 0.764. The number of nitrogens with zero attached hydrogens (tertiary/aromatic N) is 2. The van der Waals surface area contributed by atoms with Gasteiger partial charge in [-0.1, -0.05) is 0 Å². The van der Waals surface area contributed by atoms with Gasteiger partial charge in [0.25, 0.3) is 0 Å². The van der Waals surface area contributed by atoms with E-state index >= 15 is 0 Å². The van der Waals surface area contributed by atoms with Gasteiger partial charge in [-0.15, -0.1) is 0 Å². The Bertz CT molecular complexity index is 261. The molecule has 1 amide bonds. The Kier molecular flexibility index (Phi) is 4.40. The molecule has 4 heteroatoms. The van der Waals surface area contributed by atoms with E-state index in [1.54, 1.807) is 0 Å². The third-order valence-electron chi connectivity index (χ3n) is 4.23. The number of piperidine rings is 2. The molecule has 2 rings (SSSR count). The normalized spacial score (nSPS) is 28.4. The van der Waals surface area contributed by atoms with Crippen LogP contribution in [0, 0.1) is 11.8 Å². The third kappa shape index (κ3) is 3.19. The lowest BCUT2D eigenvalue weighted by Gasteiger charge is -2.36. The van der Waals surface area contributed by atoms with E-state index in [1.807, 2.05) is 0 Å². The van der Waals surface area contributed by atoms with Gasteiger partial charge in [-0.2, -0.15) is 0 Å². The van der Waals surface area contributed by atoms with Crippen molar-refractivity contribution in [1.82, 2.24) is 9.80 Å². The fraction of sp³-hybridized carbons (Fsp3) is 0.923. The summed E-state index contributed by atoms with van der Waals surface area (Å²) >= 11 is 0. The molecule has 2 heterocycles. The maximum Gasteiger partial charge on any atom is 0.225 e. The van der Waals surface area contributed by atoms with Gasteiger partial charge in [-0.25, -0.2) is 0 Å². The number of nitrogens with two attached hydrogens (primary N) is 1. The molecule has 0 aliphatic carbocycles. The van der Waals surface area contributed by atoms with Crippen LogP contribution in [0.4, 0.5) is 0 Å². The van der Waals surface area contributed by atoms with Gasteiger partial charge in [0.2, 0.25) is 5.91 Å². The smallest absolute Gasteiger partial charge is 0.225 e. The monoisotopic (exact) mass is 239 g/mol. The predicted octanol–water partition coefficient (Wildman–Crippen LogP) is 0.526. The van der Waals surface area contributed by atoms with Gasteiger partial charge >= 0.3 is 0 Å². The van der Waals surface area contributed by atoms with Crippen LogP contribution in [0.1, 0.15) is 25.7 Å². The fourth-order valence-corrected chi connectivity index (χ4v) is 2.97. The van der Waals surface area contributed by atoms with E-state index in [0.717, 1.165) is 52.0 Å². The topological polar surface area (TPSA) is 49.6 Å². The van der Waals surface area contributed by atoms with Crippen LogP contribution in [-0.2, 0) is 4.79 Å². The highest BCUT2D eigenvalue weighted by atomic mass is 16.2. The summed E-state index contributed by atoms with van der Waals surface area (Å²) in [5.41, 5.74) is 5.72. The Morgan fingerprint density at radius 1 is 1.24 bits per heavy atom. The molecule has 0 aromatic rings. The number of carbonyl (C=O) groups is 1. The molecule has 2 saturated heterocycles. The predicted molar refractivity (Wildman–Crippen MR) is 68.6 cm³/mol. The summed E-state index contributed by atoms with van der Waals surface area (Å²) in [6, 6.07) is 0. The summed E-state index contributed by atoms with van der Waals surface area (Å²) in [7, 11) is 2.13. The Labute approximate surface area is 104 Å². The van der Waals surface area contributed by atoms with Gasteiger partial charge in [0.05, 0.1) is 0 Å². The van der Waals surface area contributed by atoms with Crippen molar-refractivity contribution in [1.29, 1.82) is 0 Å². The van der Waals surface area contributed by atoms with Crippen molar-refractivity contribution in [3.63, 3.8) is 0 Å². The van der Waals surface area contributed by atoms with Crippen LogP contribution < -0.4 is 5.73 Å². The molecule has 4 nitrogen and oxygen atoms in total. The molecule has 98 valence electrons. The summed E-state index contributed by atoms with van der Waals surface area (Å²) in [6.07, 6.45) is 4.37. The lowest BCUT2D eigenvalue weighted by atomic mass is 9.92. The standard InChI is InChI=1S/C13H25N3O/c1-15-7-4-12(5-8-15)13(17)16-6-2-3-11(9-14)10-16/h11-12H,2-10,14H2,1H3. The van der Waals surface area contributed by atoms with Crippen LogP contribution in [0.25, 0.3) is 0 Å². The Morgan fingerprint density at radius 3 is 2.59 bits per heavy atom. The van der Waals surface area contributed by atoms with Crippen molar-refractivity contribution in [2.45, 2.75) is 25.7 Å². The van der Waals surface area contributed by atoms with Gasteiger partial charge in [0.1, 0.15) is 0 Å². The molecule has 2 aliphatic rings. The van der Waals surface area contributed by atoms with Crippen molar-refractivity contribution >= 4 is 5.91 Å².